The Bertz CT molecular complexity index is 1140. The van der Waals surface area contributed by atoms with Crippen molar-refractivity contribution >= 4 is 46.7 Å². The predicted octanol–water partition coefficient (Wildman–Crippen LogP) is 5.76. The molecular weight excluding hydrogens is 440 g/mol. The van der Waals surface area contributed by atoms with Crippen molar-refractivity contribution < 1.29 is 9.18 Å². The van der Waals surface area contributed by atoms with Gasteiger partial charge in [-0.05, 0) is 41.8 Å². The van der Waals surface area contributed by atoms with Gasteiger partial charge in [0.05, 0.1) is 0 Å². The van der Waals surface area contributed by atoms with E-state index in [9.17, 15) is 9.18 Å². The quantitative estimate of drug-likeness (QED) is 0.508. The zero-order valence-corrected chi connectivity index (χ0v) is 18.4. The Morgan fingerprint density at radius 3 is 2.65 bits per heavy atom. The minimum absolute atomic E-state index is 0.136. The number of carbonyl (C=O) groups is 1. The normalized spacial score (nSPS) is 15.3. The molecule has 9 heteroatoms. The minimum Gasteiger partial charge on any atom is -0.324 e. The van der Waals surface area contributed by atoms with Crippen molar-refractivity contribution in [3.05, 3.63) is 75.5 Å². The van der Waals surface area contributed by atoms with E-state index in [1.165, 1.54) is 10.7 Å². The van der Waals surface area contributed by atoms with Crippen molar-refractivity contribution in [1.82, 2.24) is 14.8 Å². The molecule has 160 valence electrons. The van der Waals surface area contributed by atoms with Crippen molar-refractivity contribution in [2.75, 3.05) is 10.6 Å². The van der Waals surface area contributed by atoms with Gasteiger partial charge >= 0.3 is 0 Å². The van der Waals surface area contributed by atoms with Crippen LogP contribution in [0.4, 0.5) is 16.3 Å². The maximum absolute atomic E-state index is 14.8. The van der Waals surface area contributed by atoms with Crippen molar-refractivity contribution in [3.8, 4) is 0 Å². The molecule has 0 saturated carbocycles. The molecule has 1 aliphatic rings. The van der Waals surface area contributed by atoms with Gasteiger partial charge in [0, 0.05) is 27.7 Å². The maximum atomic E-state index is 14.8. The molecule has 1 amide bonds. The fourth-order valence-corrected chi connectivity index (χ4v) is 3.79. The summed E-state index contributed by atoms with van der Waals surface area (Å²) >= 11 is 12.4. The molecule has 3 aromatic rings. The second kappa shape index (κ2) is 8.69. The summed E-state index contributed by atoms with van der Waals surface area (Å²) in [5, 5.41) is 11.2. The minimum atomic E-state index is -0.668. The van der Waals surface area contributed by atoms with Crippen molar-refractivity contribution in [2.24, 2.45) is 5.92 Å². The number of nitrogens with zero attached hydrogens (tertiary/aromatic N) is 3. The summed E-state index contributed by atoms with van der Waals surface area (Å²) in [4.78, 5) is 16.6. The molecule has 2 heterocycles. The standard InChI is InChI=1S/C22H20Cl2FN5O/c1-12(2)10-19(31)27-21-28-22-26-17(13-6-8-14(23)9-7-13)11-18(30(22)29-21)20-15(24)4-3-5-16(20)25/h3-9,11-12,18H,10H2,1-2H3,(H2,26,27,28,29,31)/t18-/m0/s1. The third-order valence-electron chi connectivity index (χ3n) is 4.76. The van der Waals surface area contributed by atoms with Gasteiger partial charge in [0.25, 0.3) is 5.95 Å². The number of hydrogen-bond donors (Lipinski definition) is 2. The van der Waals surface area contributed by atoms with Crippen LogP contribution in [0.5, 0.6) is 0 Å². The first-order chi connectivity index (χ1) is 14.8. The van der Waals surface area contributed by atoms with Gasteiger partial charge in [0.15, 0.2) is 0 Å². The average Bonchev–Trinajstić information content (AvgIpc) is 3.10. The van der Waals surface area contributed by atoms with E-state index < -0.39 is 11.9 Å². The second-order valence-electron chi connectivity index (χ2n) is 7.64. The first kappa shape index (κ1) is 21.3. The van der Waals surface area contributed by atoms with Gasteiger partial charge in [-0.1, -0.05) is 55.2 Å². The first-order valence-electron chi connectivity index (χ1n) is 9.77. The van der Waals surface area contributed by atoms with Gasteiger partial charge in [-0.25, -0.2) is 9.07 Å². The van der Waals surface area contributed by atoms with Gasteiger partial charge < -0.3 is 5.32 Å². The number of carbonyl (C=O) groups excluding carboxylic acids is 1. The third-order valence-corrected chi connectivity index (χ3v) is 5.34. The molecular formula is C22H20Cl2FN5O. The lowest BCUT2D eigenvalue weighted by Crippen LogP contribution is -2.21. The molecule has 1 aliphatic heterocycles. The highest BCUT2D eigenvalue weighted by molar-refractivity contribution is 6.31. The van der Waals surface area contributed by atoms with Gasteiger partial charge in [-0.3, -0.25) is 10.1 Å². The molecule has 0 bridgehead atoms. The van der Waals surface area contributed by atoms with E-state index >= 15 is 0 Å². The number of hydrogen-bond acceptors (Lipinski definition) is 4. The largest absolute Gasteiger partial charge is 0.324 e. The number of amides is 1. The summed E-state index contributed by atoms with van der Waals surface area (Å²) in [6.45, 7) is 3.90. The van der Waals surface area contributed by atoms with Crippen LogP contribution in [0, 0.1) is 11.7 Å². The summed E-state index contributed by atoms with van der Waals surface area (Å²) in [5.74, 6) is 0.0359. The van der Waals surface area contributed by atoms with E-state index in [0.717, 1.165) is 5.56 Å². The number of anilines is 2. The fourth-order valence-electron chi connectivity index (χ4n) is 3.39. The molecule has 0 saturated heterocycles. The van der Waals surface area contributed by atoms with Crippen LogP contribution in [-0.4, -0.2) is 20.7 Å². The van der Waals surface area contributed by atoms with Crippen LogP contribution in [0.2, 0.25) is 10.0 Å². The Hall–Kier alpha value is -2.90. The fraction of sp³-hybridized carbons (Fsp3) is 0.227. The molecule has 0 spiro atoms. The van der Waals surface area contributed by atoms with Crippen LogP contribution in [0.15, 0.2) is 48.5 Å². The lowest BCUT2D eigenvalue weighted by Gasteiger charge is -2.25. The lowest BCUT2D eigenvalue weighted by molar-refractivity contribution is -0.116. The second-order valence-corrected chi connectivity index (χ2v) is 8.49. The number of benzene rings is 2. The van der Waals surface area contributed by atoms with E-state index in [4.69, 9.17) is 23.2 Å². The average molecular weight is 460 g/mol. The van der Waals surface area contributed by atoms with Gasteiger partial charge in [0.1, 0.15) is 11.9 Å². The first-order valence-corrected chi connectivity index (χ1v) is 10.5. The molecule has 0 aliphatic carbocycles. The Labute approximate surface area is 189 Å². The van der Waals surface area contributed by atoms with Crippen molar-refractivity contribution in [1.29, 1.82) is 0 Å². The van der Waals surface area contributed by atoms with Crippen LogP contribution < -0.4 is 10.6 Å². The summed E-state index contributed by atoms with van der Waals surface area (Å²) in [6.07, 6.45) is 2.16. The number of fused-ring (bicyclic) bond motifs is 1. The Morgan fingerprint density at radius 2 is 1.97 bits per heavy atom. The summed E-state index contributed by atoms with van der Waals surface area (Å²) in [5.41, 5.74) is 1.80. The molecule has 4 rings (SSSR count). The molecule has 0 radical (unpaired) electrons. The molecule has 6 nitrogen and oxygen atoms in total. The highest BCUT2D eigenvalue weighted by atomic mass is 35.5. The number of nitrogens with one attached hydrogen (secondary N) is 2. The van der Waals surface area contributed by atoms with Crippen LogP contribution >= 0.6 is 23.2 Å². The Balaban J connectivity index is 1.77. The number of allylic oxidation sites excluding steroid dienone is 1. The van der Waals surface area contributed by atoms with Gasteiger partial charge in [-0.2, -0.15) is 4.98 Å². The van der Waals surface area contributed by atoms with E-state index in [1.807, 2.05) is 32.1 Å². The van der Waals surface area contributed by atoms with Gasteiger partial charge in [0.2, 0.25) is 11.9 Å². The number of rotatable bonds is 5. The summed E-state index contributed by atoms with van der Waals surface area (Å²) < 4.78 is 16.3. The molecule has 1 atom stereocenters. The number of aromatic nitrogens is 3. The van der Waals surface area contributed by atoms with E-state index in [-0.39, 0.29) is 28.4 Å². The van der Waals surface area contributed by atoms with Crippen LogP contribution in [0.3, 0.4) is 0 Å². The summed E-state index contributed by atoms with van der Waals surface area (Å²) in [7, 11) is 0. The highest BCUT2D eigenvalue weighted by Gasteiger charge is 2.29. The predicted molar refractivity (Wildman–Crippen MR) is 121 cm³/mol. The summed E-state index contributed by atoms with van der Waals surface area (Å²) in [6, 6.07) is 11.1. The SMILES string of the molecule is CC(C)CC(=O)Nc1nc2n(n1)[C@H](c1c(F)cccc1Cl)C=C(c1ccc(Cl)cc1)N2. The molecule has 0 unspecified atom stereocenters. The van der Waals surface area contributed by atoms with E-state index in [2.05, 4.69) is 20.7 Å². The zero-order valence-electron chi connectivity index (χ0n) is 16.9. The van der Waals surface area contributed by atoms with Crippen LogP contribution in [0.1, 0.15) is 37.4 Å². The lowest BCUT2D eigenvalue weighted by atomic mass is 10.0. The highest BCUT2D eigenvalue weighted by Crippen LogP contribution is 2.37. The van der Waals surface area contributed by atoms with Crippen LogP contribution in [-0.2, 0) is 4.79 Å². The smallest absolute Gasteiger partial charge is 0.250 e. The Morgan fingerprint density at radius 1 is 1.23 bits per heavy atom. The molecule has 2 N–H and O–H groups in total. The van der Waals surface area contributed by atoms with Gasteiger partial charge in [-0.15, -0.1) is 5.10 Å². The zero-order chi connectivity index (χ0) is 22.1. The third kappa shape index (κ3) is 4.57. The van der Waals surface area contributed by atoms with Crippen molar-refractivity contribution in [2.45, 2.75) is 26.3 Å². The maximum Gasteiger partial charge on any atom is 0.250 e. The van der Waals surface area contributed by atoms with Crippen LogP contribution in [0.25, 0.3) is 5.70 Å². The molecule has 31 heavy (non-hydrogen) atoms. The topological polar surface area (TPSA) is 71.8 Å². The molecule has 2 aromatic carbocycles. The number of halogens is 3. The Kier molecular flexibility index (Phi) is 5.98. The van der Waals surface area contributed by atoms with E-state index in [1.54, 1.807) is 24.3 Å². The molecule has 1 aromatic heterocycles. The van der Waals surface area contributed by atoms with E-state index in [0.29, 0.717) is 23.1 Å². The van der Waals surface area contributed by atoms with Crippen molar-refractivity contribution in [3.63, 3.8) is 0 Å². The monoisotopic (exact) mass is 459 g/mol. The molecule has 0 fully saturated rings.